The monoisotopic (exact) mass is 356 g/mol. The summed E-state index contributed by atoms with van der Waals surface area (Å²) in [6.45, 7) is 5.50. The average Bonchev–Trinajstić information content (AvgIpc) is 2.47. The Morgan fingerprint density at radius 3 is 2.48 bits per heavy atom. The third-order valence-electron chi connectivity index (χ3n) is 3.54. The standard InChI is InChI=1S/C15H21BrN2O3/c1-12(19)18-8-6-17(7-9-18)10-14(20)11-21-15-4-2-13(16)3-5-15/h2-5,14,20H,6-11H2,1H3/t14-/m1/s1. The van der Waals surface area contributed by atoms with Crippen molar-refractivity contribution < 1.29 is 14.6 Å². The molecule has 1 fully saturated rings. The van der Waals surface area contributed by atoms with Gasteiger partial charge in [-0.05, 0) is 24.3 Å². The first-order chi connectivity index (χ1) is 10.0. The first kappa shape index (κ1) is 16.3. The van der Waals surface area contributed by atoms with Crippen LogP contribution in [0.1, 0.15) is 6.92 Å². The summed E-state index contributed by atoms with van der Waals surface area (Å²) in [4.78, 5) is 15.2. The van der Waals surface area contributed by atoms with Crippen molar-refractivity contribution >= 4 is 21.8 Å². The number of benzene rings is 1. The molecule has 1 heterocycles. The smallest absolute Gasteiger partial charge is 0.219 e. The van der Waals surface area contributed by atoms with E-state index in [0.29, 0.717) is 6.54 Å². The Kier molecular flexibility index (Phi) is 6.02. The summed E-state index contributed by atoms with van der Waals surface area (Å²) in [6, 6.07) is 7.54. The second-order valence-corrected chi connectivity index (χ2v) is 6.14. The fourth-order valence-electron chi connectivity index (χ4n) is 2.32. The van der Waals surface area contributed by atoms with E-state index in [-0.39, 0.29) is 12.5 Å². The van der Waals surface area contributed by atoms with E-state index in [9.17, 15) is 9.90 Å². The van der Waals surface area contributed by atoms with Gasteiger partial charge in [-0.3, -0.25) is 9.69 Å². The molecule has 1 atom stereocenters. The molecule has 1 aromatic carbocycles. The Morgan fingerprint density at radius 2 is 1.90 bits per heavy atom. The molecule has 6 heteroatoms. The molecule has 1 aliphatic rings. The zero-order valence-corrected chi connectivity index (χ0v) is 13.8. The van der Waals surface area contributed by atoms with Crippen LogP contribution in [-0.2, 0) is 4.79 Å². The zero-order valence-electron chi connectivity index (χ0n) is 12.2. The van der Waals surface area contributed by atoms with Crippen molar-refractivity contribution in [2.45, 2.75) is 13.0 Å². The second kappa shape index (κ2) is 7.77. The molecule has 1 N–H and O–H groups in total. The summed E-state index contributed by atoms with van der Waals surface area (Å²) in [7, 11) is 0. The number of aliphatic hydroxyl groups excluding tert-OH is 1. The Bertz CT molecular complexity index is 458. The van der Waals surface area contributed by atoms with Crippen molar-refractivity contribution in [2.75, 3.05) is 39.3 Å². The van der Waals surface area contributed by atoms with Gasteiger partial charge in [-0.25, -0.2) is 0 Å². The number of hydrogen-bond acceptors (Lipinski definition) is 4. The SMILES string of the molecule is CC(=O)N1CCN(C[C@@H](O)COc2ccc(Br)cc2)CC1. The number of halogens is 1. The van der Waals surface area contributed by atoms with Crippen LogP contribution in [0.3, 0.4) is 0 Å². The molecule has 0 aliphatic carbocycles. The van der Waals surface area contributed by atoms with Gasteiger partial charge in [0.15, 0.2) is 0 Å². The Balaban J connectivity index is 1.69. The minimum atomic E-state index is -0.530. The number of piperazine rings is 1. The molecule has 1 amide bonds. The molecule has 0 saturated carbocycles. The van der Waals surface area contributed by atoms with Crippen LogP contribution in [0.15, 0.2) is 28.7 Å². The average molecular weight is 357 g/mol. The summed E-state index contributed by atoms with van der Waals surface area (Å²) in [5, 5.41) is 10.0. The lowest BCUT2D eigenvalue weighted by Crippen LogP contribution is -2.50. The highest BCUT2D eigenvalue weighted by molar-refractivity contribution is 9.10. The molecule has 0 spiro atoms. The number of rotatable bonds is 5. The van der Waals surface area contributed by atoms with Crippen LogP contribution in [0.25, 0.3) is 0 Å². The molecule has 0 radical (unpaired) electrons. The van der Waals surface area contributed by atoms with Crippen LogP contribution in [0.4, 0.5) is 0 Å². The van der Waals surface area contributed by atoms with E-state index < -0.39 is 6.10 Å². The molecule has 1 aromatic rings. The van der Waals surface area contributed by atoms with Crippen molar-refractivity contribution in [3.05, 3.63) is 28.7 Å². The highest BCUT2D eigenvalue weighted by atomic mass is 79.9. The third-order valence-corrected chi connectivity index (χ3v) is 4.07. The maximum Gasteiger partial charge on any atom is 0.219 e. The summed E-state index contributed by atoms with van der Waals surface area (Å²) >= 11 is 3.37. The van der Waals surface area contributed by atoms with E-state index in [1.807, 2.05) is 29.2 Å². The maximum atomic E-state index is 11.2. The van der Waals surface area contributed by atoms with Crippen LogP contribution in [0.2, 0.25) is 0 Å². The van der Waals surface area contributed by atoms with Crippen LogP contribution in [0.5, 0.6) is 5.75 Å². The Morgan fingerprint density at radius 1 is 1.29 bits per heavy atom. The molecular formula is C15H21BrN2O3. The lowest BCUT2D eigenvalue weighted by Gasteiger charge is -2.35. The van der Waals surface area contributed by atoms with Gasteiger partial charge in [0, 0.05) is 44.1 Å². The fraction of sp³-hybridized carbons (Fsp3) is 0.533. The highest BCUT2D eigenvalue weighted by Crippen LogP contribution is 2.16. The molecule has 2 rings (SSSR count). The largest absolute Gasteiger partial charge is 0.491 e. The number of β-amino-alcohol motifs (C(OH)–C–C–N with tert-alkyl or cyclic N) is 1. The molecule has 21 heavy (non-hydrogen) atoms. The molecule has 0 bridgehead atoms. The summed E-state index contributed by atoms with van der Waals surface area (Å²) in [5.41, 5.74) is 0. The van der Waals surface area contributed by atoms with E-state index in [1.165, 1.54) is 0 Å². The third kappa shape index (κ3) is 5.30. The first-order valence-corrected chi connectivity index (χ1v) is 7.88. The molecule has 0 aromatic heterocycles. The minimum absolute atomic E-state index is 0.119. The van der Waals surface area contributed by atoms with Crippen LogP contribution in [-0.4, -0.2) is 66.2 Å². The van der Waals surface area contributed by atoms with Crippen LogP contribution < -0.4 is 4.74 Å². The maximum absolute atomic E-state index is 11.2. The van der Waals surface area contributed by atoms with Crippen LogP contribution in [0, 0.1) is 0 Å². The highest BCUT2D eigenvalue weighted by Gasteiger charge is 2.20. The van der Waals surface area contributed by atoms with Gasteiger partial charge in [-0.1, -0.05) is 15.9 Å². The molecule has 1 saturated heterocycles. The summed E-state index contributed by atoms with van der Waals surface area (Å²) < 4.78 is 6.56. The Labute approximate surface area is 133 Å². The summed E-state index contributed by atoms with van der Waals surface area (Å²) in [5.74, 6) is 0.868. The van der Waals surface area contributed by atoms with Gasteiger partial charge in [0.1, 0.15) is 18.5 Å². The zero-order chi connectivity index (χ0) is 15.2. The number of amides is 1. The van der Waals surface area contributed by atoms with Gasteiger partial charge in [0.05, 0.1) is 0 Å². The van der Waals surface area contributed by atoms with Gasteiger partial charge in [-0.15, -0.1) is 0 Å². The number of hydrogen-bond donors (Lipinski definition) is 1. The van der Waals surface area contributed by atoms with E-state index in [1.54, 1.807) is 6.92 Å². The van der Waals surface area contributed by atoms with Gasteiger partial charge < -0.3 is 14.7 Å². The quantitative estimate of drug-likeness (QED) is 0.865. The summed E-state index contributed by atoms with van der Waals surface area (Å²) in [6.07, 6.45) is -0.530. The van der Waals surface area contributed by atoms with E-state index in [2.05, 4.69) is 20.8 Å². The topological polar surface area (TPSA) is 53.0 Å². The molecule has 0 unspecified atom stereocenters. The molecule has 116 valence electrons. The minimum Gasteiger partial charge on any atom is -0.491 e. The van der Waals surface area contributed by atoms with Gasteiger partial charge >= 0.3 is 0 Å². The molecule has 1 aliphatic heterocycles. The first-order valence-electron chi connectivity index (χ1n) is 7.09. The number of nitrogens with zero attached hydrogens (tertiary/aromatic N) is 2. The number of aliphatic hydroxyl groups is 1. The van der Waals surface area contributed by atoms with Gasteiger partial charge in [0.25, 0.3) is 0 Å². The van der Waals surface area contributed by atoms with Gasteiger partial charge in [-0.2, -0.15) is 0 Å². The van der Waals surface area contributed by atoms with E-state index in [0.717, 1.165) is 36.4 Å². The molecule has 5 nitrogen and oxygen atoms in total. The van der Waals surface area contributed by atoms with Crippen LogP contribution >= 0.6 is 15.9 Å². The van der Waals surface area contributed by atoms with Crippen molar-refractivity contribution in [1.29, 1.82) is 0 Å². The second-order valence-electron chi connectivity index (χ2n) is 5.23. The predicted molar refractivity (Wildman–Crippen MR) is 84.3 cm³/mol. The normalized spacial score (nSPS) is 17.6. The van der Waals surface area contributed by atoms with Crippen molar-refractivity contribution in [3.63, 3.8) is 0 Å². The Hall–Kier alpha value is -1.11. The van der Waals surface area contributed by atoms with E-state index >= 15 is 0 Å². The van der Waals surface area contributed by atoms with Gasteiger partial charge in [0.2, 0.25) is 5.91 Å². The molecular weight excluding hydrogens is 336 g/mol. The van der Waals surface area contributed by atoms with Crippen molar-refractivity contribution in [2.24, 2.45) is 0 Å². The lowest BCUT2D eigenvalue weighted by atomic mass is 10.2. The lowest BCUT2D eigenvalue weighted by molar-refractivity contribution is -0.130. The number of carbonyl (C=O) groups excluding carboxylic acids is 1. The number of ether oxygens (including phenoxy) is 1. The van der Waals surface area contributed by atoms with Crippen molar-refractivity contribution in [3.8, 4) is 5.75 Å². The fourth-order valence-corrected chi connectivity index (χ4v) is 2.58. The predicted octanol–water partition coefficient (Wildman–Crippen LogP) is 1.35. The van der Waals surface area contributed by atoms with Crippen molar-refractivity contribution in [1.82, 2.24) is 9.80 Å². The number of carbonyl (C=O) groups is 1. The van der Waals surface area contributed by atoms with E-state index in [4.69, 9.17) is 4.74 Å².